The number of carbonyl (C=O) groups excluding carboxylic acids is 1. The Labute approximate surface area is 139 Å². The summed E-state index contributed by atoms with van der Waals surface area (Å²) in [5, 5.41) is 0. The highest BCUT2D eigenvalue weighted by Gasteiger charge is 2.43. The number of fused-ring (bicyclic) bond motifs is 1. The van der Waals surface area contributed by atoms with E-state index in [0.717, 1.165) is 36.5 Å². The first-order valence-electron chi connectivity index (χ1n) is 8.64. The molecule has 0 heterocycles. The van der Waals surface area contributed by atoms with Crippen LogP contribution in [0.2, 0.25) is 0 Å². The summed E-state index contributed by atoms with van der Waals surface area (Å²) in [6, 6.07) is 10.7. The molecule has 0 spiro atoms. The van der Waals surface area contributed by atoms with Crippen LogP contribution in [0.15, 0.2) is 30.3 Å². The zero-order chi connectivity index (χ0) is 16.4. The summed E-state index contributed by atoms with van der Waals surface area (Å²) in [6.07, 6.45) is 4.89. The maximum atomic E-state index is 12.4. The van der Waals surface area contributed by atoms with E-state index < -0.39 is 0 Å². The minimum absolute atomic E-state index is 0.0861. The Morgan fingerprint density at radius 1 is 1.00 bits per heavy atom. The Balaban J connectivity index is 1.48. The van der Waals surface area contributed by atoms with Crippen molar-refractivity contribution in [2.75, 3.05) is 27.7 Å². The van der Waals surface area contributed by atoms with Gasteiger partial charge in [0, 0.05) is 19.1 Å². The van der Waals surface area contributed by atoms with E-state index in [-0.39, 0.29) is 12.5 Å². The maximum absolute atomic E-state index is 12.4. The molecule has 2 unspecified atom stereocenters. The average molecular weight is 316 g/mol. The van der Waals surface area contributed by atoms with Gasteiger partial charge in [0.2, 0.25) is 0 Å². The van der Waals surface area contributed by atoms with Crippen molar-refractivity contribution in [3.63, 3.8) is 0 Å². The molecule has 0 aromatic heterocycles. The third kappa shape index (κ3) is 3.69. The second-order valence-electron chi connectivity index (χ2n) is 7.34. The molecule has 3 rings (SSSR count). The SMILES string of the molecule is CN(C)C1C[C@@H]2CC(N(C)C(=O)COc3ccccc3)C[C@@H]2C1. The van der Waals surface area contributed by atoms with E-state index in [1.165, 1.54) is 12.8 Å². The van der Waals surface area contributed by atoms with Crippen LogP contribution in [-0.2, 0) is 4.79 Å². The molecular weight excluding hydrogens is 288 g/mol. The molecular formula is C19H28N2O2. The number of likely N-dealkylation sites (N-methyl/N-ethyl adjacent to an activating group) is 1. The van der Waals surface area contributed by atoms with Crippen LogP contribution in [0.5, 0.6) is 5.75 Å². The van der Waals surface area contributed by atoms with Crippen LogP contribution in [0.25, 0.3) is 0 Å². The van der Waals surface area contributed by atoms with Crippen molar-refractivity contribution in [2.24, 2.45) is 11.8 Å². The van der Waals surface area contributed by atoms with Gasteiger partial charge in [0.15, 0.2) is 6.61 Å². The van der Waals surface area contributed by atoms with Crippen LogP contribution in [0.1, 0.15) is 25.7 Å². The van der Waals surface area contributed by atoms with Crippen LogP contribution in [0.4, 0.5) is 0 Å². The van der Waals surface area contributed by atoms with Gasteiger partial charge in [-0.2, -0.15) is 0 Å². The van der Waals surface area contributed by atoms with Gasteiger partial charge in [-0.3, -0.25) is 4.79 Å². The van der Waals surface area contributed by atoms with Gasteiger partial charge in [0.1, 0.15) is 5.75 Å². The van der Waals surface area contributed by atoms with E-state index in [9.17, 15) is 4.79 Å². The Morgan fingerprint density at radius 3 is 2.13 bits per heavy atom. The normalized spacial score (nSPS) is 29.6. The molecule has 0 bridgehead atoms. The Morgan fingerprint density at radius 2 is 1.57 bits per heavy atom. The van der Waals surface area contributed by atoms with E-state index in [4.69, 9.17) is 4.74 Å². The minimum atomic E-state index is 0.0861. The van der Waals surface area contributed by atoms with Gasteiger partial charge >= 0.3 is 0 Å². The number of rotatable bonds is 5. The number of para-hydroxylation sites is 1. The molecule has 126 valence electrons. The predicted octanol–water partition coefficient (Wildman–Crippen LogP) is 2.64. The molecule has 0 N–H and O–H groups in total. The molecule has 0 aliphatic heterocycles. The van der Waals surface area contributed by atoms with Crippen LogP contribution >= 0.6 is 0 Å². The predicted molar refractivity (Wildman–Crippen MR) is 91.4 cm³/mol. The number of amides is 1. The molecule has 0 saturated heterocycles. The summed E-state index contributed by atoms with van der Waals surface area (Å²) in [5.74, 6) is 2.42. The van der Waals surface area contributed by atoms with Gasteiger partial charge in [-0.15, -0.1) is 0 Å². The Bertz CT molecular complexity index is 517. The topological polar surface area (TPSA) is 32.8 Å². The number of hydrogen-bond acceptors (Lipinski definition) is 3. The molecule has 1 aromatic rings. The fraction of sp³-hybridized carbons (Fsp3) is 0.632. The molecule has 4 atom stereocenters. The highest BCUT2D eigenvalue weighted by atomic mass is 16.5. The Kier molecular flexibility index (Phi) is 4.90. The highest BCUT2D eigenvalue weighted by molar-refractivity contribution is 5.77. The average Bonchev–Trinajstić information content (AvgIpc) is 3.11. The lowest BCUT2D eigenvalue weighted by Gasteiger charge is -2.27. The van der Waals surface area contributed by atoms with Crippen LogP contribution in [-0.4, -0.2) is 55.5 Å². The molecule has 1 amide bonds. The van der Waals surface area contributed by atoms with E-state index in [1.807, 2.05) is 42.3 Å². The fourth-order valence-electron chi connectivity index (χ4n) is 4.26. The first kappa shape index (κ1) is 16.3. The van der Waals surface area contributed by atoms with Crippen molar-refractivity contribution in [1.29, 1.82) is 0 Å². The van der Waals surface area contributed by atoms with Crippen molar-refractivity contribution in [1.82, 2.24) is 9.80 Å². The molecule has 2 saturated carbocycles. The Hall–Kier alpha value is -1.55. The van der Waals surface area contributed by atoms with Gasteiger partial charge in [0.05, 0.1) is 0 Å². The number of ether oxygens (including phenoxy) is 1. The van der Waals surface area contributed by atoms with E-state index in [0.29, 0.717) is 6.04 Å². The summed E-state index contributed by atoms with van der Waals surface area (Å²) in [5.41, 5.74) is 0. The number of carbonyl (C=O) groups is 1. The lowest BCUT2D eigenvalue weighted by atomic mass is 10.0. The number of benzene rings is 1. The first-order valence-corrected chi connectivity index (χ1v) is 8.64. The quantitative estimate of drug-likeness (QED) is 0.837. The van der Waals surface area contributed by atoms with Crippen molar-refractivity contribution in [2.45, 2.75) is 37.8 Å². The van der Waals surface area contributed by atoms with Gasteiger partial charge in [-0.05, 0) is 63.7 Å². The van der Waals surface area contributed by atoms with Crippen LogP contribution in [0, 0.1) is 11.8 Å². The van der Waals surface area contributed by atoms with Crippen LogP contribution < -0.4 is 4.74 Å². The smallest absolute Gasteiger partial charge is 0.260 e. The van der Waals surface area contributed by atoms with Gasteiger partial charge < -0.3 is 14.5 Å². The molecule has 4 heteroatoms. The van der Waals surface area contributed by atoms with Crippen LogP contribution in [0.3, 0.4) is 0 Å². The van der Waals surface area contributed by atoms with E-state index in [1.54, 1.807) is 0 Å². The van der Waals surface area contributed by atoms with Crippen molar-refractivity contribution in [3.05, 3.63) is 30.3 Å². The summed E-state index contributed by atoms with van der Waals surface area (Å²) in [7, 11) is 6.30. The monoisotopic (exact) mass is 316 g/mol. The summed E-state index contributed by atoms with van der Waals surface area (Å²) < 4.78 is 5.59. The second kappa shape index (κ2) is 6.91. The van der Waals surface area contributed by atoms with Crippen molar-refractivity contribution in [3.8, 4) is 5.75 Å². The van der Waals surface area contributed by atoms with E-state index >= 15 is 0 Å². The molecule has 2 aliphatic carbocycles. The third-order valence-corrected chi connectivity index (χ3v) is 5.74. The van der Waals surface area contributed by atoms with Crippen molar-refractivity contribution < 1.29 is 9.53 Å². The number of nitrogens with zero attached hydrogens (tertiary/aromatic N) is 2. The van der Waals surface area contributed by atoms with E-state index in [2.05, 4.69) is 19.0 Å². The molecule has 4 nitrogen and oxygen atoms in total. The number of hydrogen-bond donors (Lipinski definition) is 0. The summed E-state index contributed by atoms with van der Waals surface area (Å²) in [6.45, 7) is 0.132. The molecule has 1 aromatic carbocycles. The van der Waals surface area contributed by atoms with Gasteiger partial charge in [0.25, 0.3) is 5.91 Å². The fourth-order valence-corrected chi connectivity index (χ4v) is 4.26. The third-order valence-electron chi connectivity index (χ3n) is 5.74. The zero-order valence-corrected chi connectivity index (χ0v) is 14.4. The zero-order valence-electron chi connectivity index (χ0n) is 14.4. The lowest BCUT2D eigenvalue weighted by molar-refractivity contribution is -0.134. The molecule has 23 heavy (non-hydrogen) atoms. The molecule has 0 radical (unpaired) electrons. The van der Waals surface area contributed by atoms with Crippen molar-refractivity contribution >= 4 is 5.91 Å². The second-order valence-corrected chi connectivity index (χ2v) is 7.34. The largest absolute Gasteiger partial charge is 0.484 e. The highest BCUT2D eigenvalue weighted by Crippen LogP contribution is 2.46. The van der Waals surface area contributed by atoms with Gasteiger partial charge in [-0.1, -0.05) is 18.2 Å². The summed E-state index contributed by atoms with van der Waals surface area (Å²) in [4.78, 5) is 16.7. The minimum Gasteiger partial charge on any atom is -0.484 e. The molecule has 2 aliphatic rings. The molecule has 2 fully saturated rings. The maximum Gasteiger partial charge on any atom is 0.260 e. The van der Waals surface area contributed by atoms with Gasteiger partial charge in [-0.25, -0.2) is 0 Å². The first-order chi connectivity index (χ1) is 11.0. The standard InChI is InChI=1S/C19H28N2O2/c1-20(2)16-9-14-11-17(12-15(14)10-16)21(3)19(22)13-23-18-7-5-4-6-8-18/h4-8,14-17H,9-13H2,1-3H3/t14-,15+,16?,17?. The summed E-state index contributed by atoms with van der Waals surface area (Å²) >= 11 is 0. The lowest BCUT2D eigenvalue weighted by Crippen LogP contribution is -2.39.